The van der Waals surface area contributed by atoms with Crippen LogP contribution in [0.15, 0.2) is 72.8 Å². The first-order valence-electron chi connectivity index (χ1n) is 11.9. The van der Waals surface area contributed by atoms with E-state index in [4.69, 9.17) is 33.0 Å². The summed E-state index contributed by atoms with van der Waals surface area (Å²) in [5.74, 6) is 0.540. The van der Waals surface area contributed by atoms with Gasteiger partial charge in [-0.25, -0.2) is 4.68 Å². The molecule has 6 nitrogen and oxygen atoms in total. The van der Waals surface area contributed by atoms with Crippen molar-refractivity contribution in [3.63, 3.8) is 0 Å². The molecule has 0 bridgehead atoms. The quantitative estimate of drug-likeness (QED) is 0.304. The number of methoxy groups -OCH3 is 1. The SMILES string of the molecule is COc1ccc(C=C2CNCc3c(C(=O)N[C@H](C)c4ccccc4)nn(-c4ccc(Cl)cc4Cl)c32)cc1. The summed E-state index contributed by atoms with van der Waals surface area (Å²) >= 11 is 12.8. The Hall–Kier alpha value is -3.58. The van der Waals surface area contributed by atoms with E-state index in [9.17, 15) is 4.79 Å². The fraction of sp³-hybridized carbons (Fsp3) is 0.172. The van der Waals surface area contributed by atoms with Gasteiger partial charge in [0.2, 0.25) is 0 Å². The molecule has 0 saturated heterocycles. The minimum absolute atomic E-state index is 0.181. The Morgan fingerprint density at radius 2 is 1.84 bits per heavy atom. The van der Waals surface area contributed by atoms with E-state index in [-0.39, 0.29) is 11.9 Å². The number of ether oxygens (including phenoxy) is 1. The predicted molar refractivity (Wildman–Crippen MR) is 148 cm³/mol. The number of aromatic nitrogens is 2. The number of benzene rings is 3. The maximum absolute atomic E-state index is 13.5. The monoisotopic (exact) mass is 532 g/mol. The van der Waals surface area contributed by atoms with Crippen LogP contribution in [0.3, 0.4) is 0 Å². The zero-order chi connectivity index (χ0) is 25.9. The molecular weight excluding hydrogens is 507 g/mol. The van der Waals surface area contributed by atoms with Gasteiger partial charge in [-0.2, -0.15) is 5.10 Å². The van der Waals surface area contributed by atoms with Crippen LogP contribution in [-0.2, 0) is 6.54 Å². The summed E-state index contributed by atoms with van der Waals surface area (Å²) in [5.41, 5.74) is 5.68. The molecule has 37 heavy (non-hydrogen) atoms. The Balaban J connectivity index is 1.60. The van der Waals surface area contributed by atoms with Crippen molar-refractivity contribution in [1.29, 1.82) is 0 Å². The molecule has 5 rings (SSSR count). The summed E-state index contributed by atoms with van der Waals surface area (Å²) in [4.78, 5) is 13.5. The molecule has 8 heteroatoms. The number of nitrogens with one attached hydrogen (secondary N) is 2. The summed E-state index contributed by atoms with van der Waals surface area (Å²) in [5, 5.41) is 12.3. The fourth-order valence-electron chi connectivity index (χ4n) is 4.47. The van der Waals surface area contributed by atoms with Crippen molar-refractivity contribution in [2.24, 2.45) is 0 Å². The average Bonchev–Trinajstić information content (AvgIpc) is 3.30. The van der Waals surface area contributed by atoms with Gasteiger partial charge in [-0.15, -0.1) is 0 Å². The van der Waals surface area contributed by atoms with Gasteiger partial charge in [0.1, 0.15) is 5.75 Å². The maximum atomic E-state index is 13.5. The predicted octanol–water partition coefficient (Wildman–Crippen LogP) is 6.32. The number of halogens is 2. The first-order chi connectivity index (χ1) is 17.9. The number of fused-ring (bicyclic) bond motifs is 1. The van der Waals surface area contributed by atoms with E-state index in [1.165, 1.54) is 0 Å². The Bertz CT molecular complexity index is 1460. The third kappa shape index (κ3) is 5.27. The van der Waals surface area contributed by atoms with Crippen LogP contribution < -0.4 is 15.4 Å². The highest BCUT2D eigenvalue weighted by Crippen LogP contribution is 2.33. The number of carbonyl (C=O) groups is 1. The van der Waals surface area contributed by atoms with Crippen LogP contribution in [0, 0.1) is 0 Å². The van der Waals surface area contributed by atoms with Crippen LogP contribution in [0.2, 0.25) is 10.0 Å². The molecule has 0 spiro atoms. The van der Waals surface area contributed by atoms with Crippen LogP contribution >= 0.6 is 23.2 Å². The lowest BCUT2D eigenvalue weighted by Gasteiger charge is -2.20. The van der Waals surface area contributed by atoms with Crippen LogP contribution in [0.25, 0.3) is 17.3 Å². The van der Waals surface area contributed by atoms with E-state index in [1.54, 1.807) is 23.9 Å². The zero-order valence-corrected chi connectivity index (χ0v) is 22.0. The molecule has 1 aliphatic rings. The van der Waals surface area contributed by atoms with Gasteiger partial charge in [-0.05, 0) is 60.0 Å². The molecule has 1 aliphatic heterocycles. The lowest BCUT2D eigenvalue weighted by atomic mass is 9.98. The third-order valence-electron chi connectivity index (χ3n) is 6.36. The van der Waals surface area contributed by atoms with E-state index in [2.05, 4.69) is 16.7 Å². The van der Waals surface area contributed by atoms with Crippen LogP contribution in [0.1, 0.15) is 45.8 Å². The fourth-order valence-corrected chi connectivity index (χ4v) is 4.96. The van der Waals surface area contributed by atoms with Crippen LogP contribution in [0.4, 0.5) is 0 Å². The van der Waals surface area contributed by atoms with E-state index in [0.29, 0.717) is 34.5 Å². The Kier molecular flexibility index (Phi) is 7.33. The number of amides is 1. The van der Waals surface area contributed by atoms with Gasteiger partial charge >= 0.3 is 0 Å². The highest BCUT2D eigenvalue weighted by molar-refractivity contribution is 6.35. The Labute approximate surface area is 225 Å². The Morgan fingerprint density at radius 3 is 2.54 bits per heavy atom. The molecule has 0 radical (unpaired) electrons. The van der Waals surface area contributed by atoms with Crippen molar-refractivity contribution < 1.29 is 9.53 Å². The van der Waals surface area contributed by atoms with Crippen molar-refractivity contribution in [3.8, 4) is 11.4 Å². The molecule has 4 aromatic rings. The first kappa shape index (κ1) is 25.1. The maximum Gasteiger partial charge on any atom is 0.272 e. The summed E-state index contributed by atoms with van der Waals surface area (Å²) in [6, 6.07) is 22.7. The third-order valence-corrected chi connectivity index (χ3v) is 6.90. The number of carbonyl (C=O) groups excluding carboxylic acids is 1. The molecule has 0 fully saturated rings. The molecule has 188 valence electrons. The van der Waals surface area contributed by atoms with Crippen LogP contribution in [0.5, 0.6) is 5.75 Å². The van der Waals surface area contributed by atoms with E-state index < -0.39 is 0 Å². The zero-order valence-electron chi connectivity index (χ0n) is 20.5. The van der Waals surface area contributed by atoms with Crippen molar-refractivity contribution in [3.05, 3.63) is 111 Å². The average molecular weight is 533 g/mol. The van der Waals surface area contributed by atoms with Crippen molar-refractivity contribution in [1.82, 2.24) is 20.4 Å². The molecule has 1 atom stereocenters. The summed E-state index contributed by atoms with van der Waals surface area (Å²) in [7, 11) is 1.64. The number of nitrogens with zero attached hydrogens (tertiary/aromatic N) is 2. The van der Waals surface area contributed by atoms with Gasteiger partial charge in [-0.3, -0.25) is 4.79 Å². The highest BCUT2D eigenvalue weighted by atomic mass is 35.5. The van der Waals surface area contributed by atoms with Gasteiger partial charge in [0, 0.05) is 23.7 Å². The molecule has 1 amide bonds. The molecule has 0 unspecified atom stereocenters. The van der Waals surface area contributed by atoms with Crippen LogP contribution in [-0.4, -0.2) is 29.3 Å². The molecule has 2 N–H and O–H groups in total. The highest BCUT2D eigenvalue weighted by Gasteiger charge is 2.29. The molecule has 2 heterocycles. The Morgan fingerprint density at radius 1 is 1.08 bits per heavy atom. The van der Waals surface area contributed by atoms with Crippen molar-refractivity contribution in [2.75, 3.05) is 13.7 Å². The number of hydrogen-bond donors (Lipinski definition) is 2. The van der Waals surface area contributed by atoms with Crippen molar-refractivity contribution >= 4 is 40.8 Å². The topological polar surface area (TPSA) is 68.2 Å². The molecule has 0 aliphatic carbocycles. The standard InChI is InChI=1S/C29H26Cl2N4O2/c1-18(20-6-4-3-5-7-20)33-29(36)27-24-17-32-16-21(14-19-8-11-23(37-2)12-9-19)28(24)35(34-27)26-13-10-22(30)15-25(26)31/h3-15,18,32H,16-17H2,1-2H3,(H,33,36)/t18-/m1/s1. The lowest BCUT2D eigenvalue weighted by Crippen LogP contribution is -2.30. The number of rotatable bonds is 6. The summed E-state index contributed by atoms with van der Waals surface area (Å²) in [6.07, 6.45) is 2.08. The van der Waals surface area contributed by atoms with E-state index >= 15 is 0 Å². The second kappa shape index (κ2) is 10.8. The summed E-state index contributed by atoms with van der Waals surface area (Å²) < 4.78 is 7.05. The number of hydrogen-bond acceptors (Lipinski definition) is 4. The van der Waals surface area contributed by atoms with Gasteiger partial charge in [0.05, 0.1) is 29.6 Å². The summed E-state index contributed by atoms with van der Waals surface area (Å²) in [6.45, 7) is 3.07. The normalized spacial score (nSPS) is 14.8. The molecular formula is C29H26Cl2N4O2. The molecule has 3 aromatic carbocycles. The molecule has 1 aromatic heterocycles. The van der Waals surface area contributed by atoms with Gasteiger partial charge in [0.25, 0.3) is 5.91 Å². The smallest absolute Gasteiger partial charge is 0.272 e. The van der Waals surface area contributed by atoms with Gasteiger partial charge < -0.3 is 15.4 Å². The van der Waals surface area contributed by atoms with Crippen molar-refractivity contribution in [2.45, 2.75) is 19.5 Å². The minimum Gasteiger partial charge on any atom is -0.497 e. The van der Waals surface area contributed by atoms with E-state index in [1.807, 2.05) is 67.6 Å². The second-order valence-corrected chi connectivity index (χ2v) is 9.68. The largest absolute Gasteiger partial charge is 0.497 e. The minimum atomic E-state index is -0.246. The second-order valence-electron chi connectivity index (χ2n) is 8.84. The van der Waals surface area contributed by atoms with Gasteiger partial charge in [-0.1, -0.05) is 65.7 Å². The first-order valence-corrected chi connectivity index (χ1v) is 12.7. The lowest BCUT2D eigenvalue weighted by molar-refractivity contribution is 0.0933. The molecule has 0 saturated carbocycles. The van der Waals surface area contributed by atoms with Gasteiger partial charge in [0.15, 0.2) is 5.69 Å². The van der Waals surface area contributed by atoms with E-state index in [0.717, 1.165) is 33.7 Å².